The van der Waals surface area contributed by atoms with Crippen molar-refractivity contribution in [2.75, 3.05) is 12.3 Å². The Kier molecular flexibility index (Phi) is 3.92. The molecule has 1 aromatic carbocycles. The Balaban J connectivity index is 1.56. The van der Waals surface area contributed by atoms with Gasteiger partial charge < -0.3 is 10.3 Å². The zero-order chi connectivity index (χ0) is 16.4. The fourth-order valence-electron chi connectivity index (χ4n) is 3.10. The molecule has 0 saturated carbocycles. The van der Waals surface area contributed by atoms with Crippen LogP contribution in [0.5, 0.6) is 0 Å². The van der Waals surface area contributed by atoms with Crippen molar-refractivity contribution >= 4 is 5.82 Å². The molecule has 1 aliphatic heterocycles. The van der Waals surface area contributed by atoms with Crippen molar-refractivity contribution in [1.82, 2.24) is 25.0 Å². The molecule has 3 aromatic rings. The zero-order valence-electron chi connectivity index (χ0n) is 13.2. The molecule has 24 heavy (non-hydrogen) atoms. The average molecular weight is 322 g/mol. The molecule has 4 rings (SSSR count). The molecule has 7 heteroatoms. The molecule has 1 aliphatic rings. The number of rotatable bonds is 4. The van der Waals surface area contributed by atoms with Crippen LogP contribution in [-0.4, -0.2) is 31.6 Å². The Morgan fingerprint density at radius 3 is 2.96 bits per heavy atom. The normalized spacial score (nSPS) is 18.1. The molecule has 0 aliphatic carbocycles. The molecule has 1 saturated heterocycles. The Labute approximate surface area is 139 Å². The van der Waals surface area contributed by atoms with Crippen molar-refractivity contribution in [3.63, 3.8) is 0 Å². The van der Waals surface area contributed by atoms with E-state index in [0.29, 0.717) is 23.1 Å². The highest BCUT2D eigenvalue weighted by Crippen LogP contribution is 2.33. The van der Waals surface area contributed by atoms with Crippen molar-refractivity contribution in [2.24, 2.45) is 0 Å². The summed E-state index contributed by atoms with van der Waals surface area (Å²) in [5, 5.41) is 4.06. The highest BCUT2D eigenvalue weighted by atomic mass is 16.5. The van der Waals surface area contributed by atoms with Gasteiger partial charge in [-0.25, -0.2) is 9.97 Å². The number of anilines is 1. The van der Waals surface area contributed by atoms with Crippen LogP contribution in [0.15, 0.2) is 47.4 Å². The molecule has 0 amide bonds. The van der Waals surface area contributed by atoms with Gasteiger partial charge in [-0.2, -0.15) is 4.98 Å². The SMILES string of the molecule is Nc1ncncc1-c1noc([C@@H]2CCCN2Cc2ccccc2)n1. The molecule has 3 heterocycles. The van der Waals surface area contributed by atoms with E-state index < -0.39 is 0 Å². The minimum atomic E-state index is 0.136. The smallest absolute Gasteiger partial charge is 0.244 e. The molecular formula is C17H18N6O. The molecule has 7 nitrogen and oxygen atoms in total. The predicted octanol–water partition coefficient (Wildman–Crippen LogP) is 2.45. The third kappa shape index (κ3) is 2.85. The van der Waals surface area contributed by atoms with E-state index in [2.05, 4.69) is 49.3 Å². The lowest BCUT2D eigenvalue weighted by molar-refractivity contribution is 0.201. The maximum absolute atomic E-state index is 5.86. The fourth-order valence-corrected chi connectivity index (χ4v) is 3.10. The summed E-state index contributed by atoms with van der Waals surface area (Å²) in [6, 6.07) is 10.6. The second kappa shape index (κ2) is 6.37. The molecule has 0 bridgehead atoms. The summed E-state index contributed by atoms with van der Waals surface area (Å²) in [7, 11) is 0. The summed E-state index contributed by atoms with van der Waals surface area (Å²) < 4.78 is 5.51. The van der Waals surface area contributed by atoms with Gasteiger partial charge in [-0.1, -0.05) is 35.5 Å². The number of nitrogens with two attached hydrogens (primary N) is 1. The van der Waals surface area contributed by atoms with Crippen LogP contribution in [0.3, 0.4) is 0 Å². The van der Waals surface area contributed by atoms with Gasteiger partial charge in [0.2, 0.25) is 11.7 Å². The van der Waals surface area contributed by atoms with Crippen molar-refractivity contribution in [1.29, 1.82) is 0 Å². The van der Waals surface area contributed by atoms with Crippen LogP contribution in [0.1, 0.15) is 30.3 Å². The number of nitrogens with zero attached hydrogens (tertiary/aromatic N) is 5. The third-order valence-corrected chi connectivity index (χ3v) is 4.30. The van der Waals surface area contributed by atoms with Crippen molar-refractivity contribution in [3.05, 3.63) is 54.3 Å². The van der Waals surface area contributed by atoms with Crippen LogP contribution in [0.2, 0.25) is 0 Å². The van der Waals surface area contributed by atoms with Crippen LogP contribution in [0.4, 0.5) is 5.82 Å². The second-order valence-corrected chi connectivity index (χ2v) is 5.89. The van der Waals surface area contributed by atoms with Gasteiger partial charge in [0.05, 0.1) is 11.6 Å². The Bertz CT molecular complexity index is 819. The largest absolute Gasteiger partial charge is 0.383 e. The standard InChI is InChI=1S/C17H18N6O/c18-15-13(9-19-11-20-15)16-21-17(24-22-16)14-7-4-8-23(14)10-12-5-2-1-3-6-12/h1-3,5-6,9,11,14H,4,7-8,10H2,(H2,18,19,20)/t14-/m0/s1. The summed E-state index contributed by atoms with van der Waals surface area (Å²) in [5.74, 6) is 1.42. The lowest BCUT2D eigenvalue weighted by atomic mass is 10.2. The molecule has 2 aromatic heterocycles. The van der Waals surface area contributed by atoms with E-state index in [1.54, 1.807) is 6.20 Å². The summed E-state index contributed by atoms with van der Waals surface area (Å²) >= 11 is 0. The number of aromatic nitrogens is 4. The maximum atomic E-state index is 5.86. The molecule has 0 radical (unpaired) electrons. The Morgan fingerprint density at radius 1 is 1.25 bits per heavy atom. The van der Waals surface area contributed by atoms with Crippen LogP contribution < -0.4 is 5.73 Å². The number of likely N-dealkylation sites (tertiary alicyclic amines) is 1. The van der Waals surface area contributed by atoms with Gasteiger partial charge in [-0.3, -0.25) is 4.90 Å². The monoisotopic (exact) mass is 322 g/mol. The Hall–Kier alpha value is -2.80. The minimum absolute atomic E-state index is 0.136. The average Bonchev–Trinajstić information content (AvgIpc) is 3.25. The summed E-state index contributed by atoms with van der Waals surface area (Å²) in [6.07, 6.45) is 5.13. The number of benzene rings is 1. The van der Waals surface area contributed by atoms with E-state index in [0.717, 1.165) is 25.9 Å². The quantitative estimate of drug-likeness (QED) is 0.788. The molecule has 0 unspecified atom stereocenters. The first-order valence-corrected chi connectivity index (χ1v) is 7.98. The van der Waals surface area contributed by atoms with E-state index in [9.17, 15) is 0 Å². The van der Waals surface area contributed by atoms with Gasteiger partial charge in [0.25, 0.3) is 0 Å². The van der Waals surface area contributed by atoms with Crippen molar-refractivity contribution in [3.8, 4) is 11.4 Å². The first kappa shape index (κ1) is 14.8. The summed E-state index contributed by atoms with van der Waals surface area (Å²) in [4.78, 5) is 14.9. The van der Waals surface area contributed by atoms with Gasteiger partial charge in [0, 0.05) is 12.7 Å². The van der Waals surface area contributed by atoms with Crippen molar-refractivity contribution in [2.45, 2.75) is 25.4 Å². The number of hydrogen-bond acceptors (Lipinski definition) is 7. The third-order valence-electron chi connectivity index (χ3n) is 4.30. The predicted molar refractivity (Wildman–Crippen MR) is 88.6 cm³/mol. The minimum Gasteiger partial charge on any atom is -0.383 e. The van der Waals surface area contributed by atoms with Gasteiger partial charge >= 0.3 is 0 Å². The molecule has 2 N–H and O–H groups in total. The van der Waals surface area contributed by atoms with Gasteiger partial charge in [0.15, 0.2) is 0 Å². The molecular weight excluding hydrogens is 304 g/mol. The van der Waals surface area contributed by atoms with Crippen LogP contribution in [0, 0.1) is 0 Å². The fraction of sp³-hybridized carbons (Fsp3) is 0.294. The van der Waals surface area contributed by atoms with E-state index in [4.69, 9.17) is 10.3 Å². The molecule has 0 spiro atoms. The Morgan fingerprint density at radius 2 is 2.12 bits per heavy atom. The highest BCUT2D eigenvalue weighted by Gasteiger charge is 2.31. The second-order valence-electron chi connectivity index (χ2n) is 5.89. The van der Waals surface area contributed by atoms with E-state index >= 15 is 0 Å². The molecule has 122 valence electrons. The van der Waals surface area contributed by atoms with Crippen LogP contribution in [-0.2, 0) is 6.54 Å². The van der Waals surface area contributed by atoms with Gasteiger partial charge in [-0.05, 0) is 24.9 Å². The first-order chi connectivity index (χ1) is 11.8. The van der Waals surface area contributed by atoms with Gasteiger partial charge in [-0.15, -0.1) is 0 Å². The topological polar surface area (TPSA) is 94.0 Å². The van der Waals surface area contributed by atoms with Crippen molar-refractivity contribution < 1.29 is 4.52 Å². The highest BCUT2D eigenvalue weighted by molar-refractivity contribution is 5.66. The van der Waals surface area contributed by atoms with E-state index in [1.807, 2.05) is 6.07 Å². The van der Waals surface area contributed by atoms with E-state index in [1.165, 1.54) is 11.9 Å². The van der Waals surface area contributed by atoms with Crippen LogP contribution in [0.25, 0.3) is 11.4 Å². The zero-order valence-corrected chi connectivity index (χ0v) is 13.2. The molecule has 1 fully saturated rings. The summed E-state index contributed by atoms with van der Waals surface area (Å²) in [6.45, 7) is 1.90. The number of hydrogen-bond donors (Lipinski definition) is 1. The maximum Gasteiger partial charge on any atom is 0.244 e. The summed E-state index contributed by atoms with van der Waals surface area (Å²) in [5.41, 5.74) is 7.74. The molecule has 1 atom stereocenters. The lowest BCUT2D eigenvalue weighted by Crippen LogP contribution is -2.23. The number of nitrogen functional groups attached to an aromatic ring is 1. The lowest BCUT2D eigenvalue weighted by Gasteiger charge is -2.21. The van der Waals surface area contributed by atoms with Crippen LogP contribution >= 0.6 is 0 Å². The van der Waals surface area contributed by atoms with E-state index in [-0.39, 0.29) is 6.04 Å². The first-order valence-electron chi connectivity index (χ1n) is 7.98. The van der Waals surface area contributed by atoms with Gasteiger partial charge in [0.1, 0.15) is 12.1 Å².